The summed E-state index contributed by atoms with van der Waals surface area (Å²) in [5.74, 6) is -0.204. The number of hydrogen-bond acceptors (Lipinski definition) is 5. The predicted molar refractivity (Wildman–Crippen MR) is 74.0 cm³/mol. The third kappa shape index (κ3) is 3.75. The minimum atomic E-state index is -0.204. The Morgan fingerprint density at radius 1 is 1.42 bits per heavy atom. The molecule has 0 bridgehead atoms. The lowest BCUT2D eigenvalue weighted by Crippen LogP contribution is -2.24. The van der Waals surface area contributed by atoms with Crippen LogP contribution in [-0.4, -0.2) is 27.1 Å². The number of carbonyl (C=O) groups excluding carboxylic acids is 1. The molecule has 0 saturated heterocycles. The van der Waals surface area contributed by atoms with E-state index in [4.69, 9.17) is 0 Å². The minimum Gasteiger partial charge on any atom is -0.347 e. The normalized spacial score (nSPS) is 10.2. The molecule has 0 fully saturated rings. The second kappa shape index (κ2) is 6.29. The molecule has 5 nitrogen and oxygen atoms in total. The SMILES string of the molecule is CSc1nc(C)cc(C(=O)NCc2cccnc2)n1. The molecular formula is C13H14N4OS. The van der Waals surface area contributed by atoms with Crippen LogP contribution in [0.2, 0.25) is 0 Å². The fourth-order valence-electron chi connectivity index (χ4n) is 1.52. The molecule has 2 aromatic heterocycles. The van der Waals surface area contributed by atoms with Crippen molar-refractivity contribution in [3.05, 3.63) is 47.5 Å². The summed E-state index contributed by atoms with van der Waals surface area (Å²) in [5.41, 5.74) is 2.12. The number of nitrogens with zero attached hydrogens (tertiary/aromatic N) is 3. The summed E-state index contributed by atoms with van der Waals surface area (Å²) in [7, 11) is 0. The van der Waals surface area contributed by atoms with Gasteiger partial charge in [-0.15, -0.1) is 0 Å². The van der Waals surface area contributed by atoms with Crippen molar-refractivity contribution in [2.75, 3.05) is 6.26 Å². The molecule has 0 aliphatic heterocycles. The molecule has 1 amide bonds. The first-order chi connectivity index (χ1) is 9.19. The Kier molecular flexibility index (Phi) is 4.46. The van der Waals surface area contributed by atoms with Gasteiger partial charge in [0.15, 0.2) is 5.16 Å². The largest absolute Gasteiger partial charge is 0.347 e. The van der Waals surface area contributed by atoms with Gasteiger partial charge in [-0.3, -0.25) is 9.78 Å². The molecule has 2 rings (SSSR count). The molecular weight excluding hydrogens is 260 g/mol. The molecule has 2 aromatic rings. The van der Waals surface area contributed by atoms with Crippen molar-refractivity contribution in [1.29, 1.82) is 0 Å². The molecule has 0 radical (unpaired) electrons. The second-order valence-electron chi connectivity index (χ2n) is 3.93. The van der Waals surface area contributed by atoms with Crippen LogP contribution in [0, 0.1) is 6.92 Å². The van der Waals surface area contributed by atoms with E-state index in [1.807, 2.05) is 25.3 Å². The van der Waals surface area contributed by atoms with Crippen LogP contribution < -0.4 is 5.32 Å². The van der Waals surface area contributed by atoms with Crippen LogP contribution in [-0.2, 0) is 6.54 Å². The van der Waals surface area contributed by atoms with Crippen LogP contribution in [0.4, 0.5) is 0 Å². The number of thioether (sulfide) groups is 1. The highest BCUT2D eigenvalue weighted by atomic mass is 32.2. The molecule has 0 aromatic carbocycles. The van der Waals surface area contributed by atoms with Gasteiger partial charge in [0.2, 0.25) is 0 Å². The predicted octanol–water partition coefficient (Wildman–Crippen LogP) is 1.83. The van der Waals surface area contributed by atoms with Gasteiger partial charge in [0.05, 0.1) is 0 Å². The van der Waals surface area contributed by atoms with Crippen molar-refractivity contribution < 1.29 is 4.79 Å². The zero-order chi connectivity index (χ0) is 13.7. The number of carbonyl (C=O) groups is 1. The van der Waals surface area contributed by atoms with E-state index in [-0.39, 0.29) is 5.91 Å². The molecule has 0 atom stereocenters. The Labute approximate surface area is 115 Å². The van der Waals surface area contributed by atoms with Crippen LogP contribution in [0.15, 0.2) is 35.7 Å². The number of pyridine rings is 1. The quantitative estimate of drug-likeness (QED) is 0.680. The zero-order valence-corrected chi connectivity index (χ0v) is 11.6. The summed E-state index contributed by atoms with van der Waals surface area (Å²) in [5, 5.41) is 3.42. The van der Waals surface area contributed by atoms with Gasteiger partial charge in [-0.1, -0.05) is 17.8 Å². The molecule has 0 aliphatic rings. The summed E-state index contributed by atoms with van der Waals surface area (Å²) in [6, 6.07) is 5.42. The maximum Gasteiger partial charge on any atom is 0.270 e. The van der Waals surface area contributed by atoms with Crippen LogP contribution in [0.1, 0.15) is 21.7 Å². The Morgan fingerprint density at radius 3 is 2.95 bits per heavy atom. The van der Waals surface area contributed by atoms with Gasteiger partial charge in [0, 0.05) is 24.6 Å². The van der Waals surface area contributed by atoms with Crippen LogP contribution in [0.3, 0.4) is 0 Å². The average Bonchev–Trinajstić information content (AvgIpc) is 2.45. The first kappa shape index (κ1) is 13.5. The smallest absolute Gasteiger partial charge is 0.270 e. The van der Waals surface area contributed by atoms with Crippen molar-refractivity contribution in [3.8, 4) is 0 Å². The number of nitrogens with one attached hydrogen (secondary N) is 1. The Morgan fingerprint density at radius 2 is 2.26 bits per heavy atom. The Balaban J connectivity index is 2.06. The highest BCUT2D eigenvalue weighted by Crippen LogP contribution is 2.10. The maximum atomic E-state index is 12.0. The molecule has 0 saturated carbocycles. The lowest BCUT2D eigenvalue weighted by molar-refractivity contribution is 0.0945. The average molecular weight is 274 g/mol. The standard InChI is InChI=1S/C13H14N4OS/c1-9-6-11(17-13(16-9)19-2)12(18)15-8-10-4-3-5-14-7-10/h3-7H,8H2,1-2H3,(H,15,18). The topological polar surface area (TPSA) is 67.8 Å². The fourth-order valence-corrected chi connectivity index (χ4v) is 1.95. The van der Waals surface area contributed by atoms with E-state index in [1.165, 1.54) is 11.8 Å². The van der Waals surface area contributed by atoms with Gasteiger partial charge in [0.25, 0.3) is 5.91 Å². The van der Waals surface area contributed by atoms with E-state index < -0.39 is 0 Å². The Hall–Kier alpha value is -1.95. The molecule has 6 heteroatoms. The first-order valence-electron chi connectivity index (χ1n) is 5.76. The molecule has 1 N–H and O–H groups in total. The van der Waals surface area contributed by atoms with Crippen molar-refractivity contribution in [2.45, 2.75) is 18.6 Å². The second-order valence-corrected chi connectivity index (χ2v) is 4.70. The summed E-state index contributed by atoms with van der Waals surface area (Å²) in [6.45, 7) is 2.28. The molecule has 98 valence electrons. The van der Waals surface area contributed by atoms with E-state index in [2.05, 4.69) is 20.3 Å². The van der Waals surface area contributed by atoms with Gasteiger partial charge < -0.3 is 5.32 Å². The molecule has 0 unspecified atom stereocenters. The van der Waals surface area contributed by atoms with Gasteiger partial charge in [-0.05, 0) is 30.9 Å². The molecule has 19 heavy (non-hydrogen) atoms. The summed E-state index contributed by atoms with van der Waals surface area (Å²) < 4.78 is 0. The first-order valence-corrected chi connectivity index (χ1v) is 6.98. The number of amides is 1. The number of hydrogen-bond donors (Lipinski definition) is 1. The summed E-state index contributed by atoms with van der Waals surface area (Å²) >= 11 is 1.42. The lowest BCUT2D eigenvalue weighted by Gasteiger charge is -2.06. The minimum absolute atomic E-state index is 0.204. The van der Waals surface area contributed by atoms with Crippen molar-refractivity contribution >= 4 is 17.7 Å². The van der Waals surface area contributed by atoms with Crippen molar-refractivity contribution in [3.63, 3.8) is 0 Å². The zero-order valence-electron chi connectivity index (χ0n) is 10.8. The van der Waals surface area contributed by atoms with Gasteiger partial charge in [-0.2, -0.15) is 0 Å². The van der Waals surface area contributed by atoms with E-state index in [1.54, 1.807) is 18.5 Å². The summed E-state index contributed by atoms with van der Waals surface area (Å²) in [4.78, 5) is 24.4. The molecule has 0 aliphatic carbocycles. The number of aryl methyl sites for hydroxylation is 1. The van der Waals surface area contributed by atoms with E-state index in [9.17, 15) is 4.79 Å². The van der Waals surface area contributed by atoms with Crippen LogP contribution in [0.5, 0.6) is 0 Å². The van der Waals surface area contributed by atoms with E-state index in [0.717, 1.165) is 11.3 Å². The highest BCUT2D eigenvalue weighted by molar-refractivity contribution is 7.98. The van der Waals surface area contributed by atoms with E-state index >= 15 is 0 Å². The van der Waals surface area contributed by atoms with Gasteiger partial charge in [0.1, 0.15) is 5.69 Å². The molecule has 2 heterocycles. The maximum absolute atomic E-state index is 12.0. The van der Waals surface area contributed by atoms with Crippen LogP contribution in [0.25, 0.3) is 0 Å². The van der Waals surface area contributed by atoms with Gasteiger partial charge >= 0.3 is 0 Å². The van der Waals surface area contributed by atoms with Crippen LogP contribution >= 0.6 is 11.8 Å². The highest BCUT2D eigenvalue weighted by Gasteiger charge is 2.09. The van der Waals surface area contributed by atoms with E-state index in [0.29, 0.717) is 17.4 Å². The van der Waals surface area contributed by atoms with Crippen molar-refractivity contribution in [1.82, 2.24) is 20.3 Å². The third-order valence-corrected chi connectivity index (χ3v) is 2.97. The van der Waals surface area contributed by atoms with Crippen molar-refractivity contribution in [2.24, 2.45) is 0 Å². The number of rotatable bonds is 4. The van der Waals surface area contributed by atoms with Gasteiger partial charge in [-0.25, -0.2) is 9.97 Å². The molecule has 0 spiro atoms. The Bertz CT molecular complexity index is 574. The number of aromatic nitrogens is 3. The third-order valence-electron chi connectivity index (χ3n) is 2.42. The fraction of sp³-hybridized carbons (Fsp3) is 0.231. The lowest BCUT2D eigenvalue weighted by atomic mass is 10.2. The monoisotopic (exact) mass is 274 g/mol. The summed E-state index contributed by atoms with van der Waals surface area (Å²) in [6.07, 6.45) is 5.30.